The van der Waals surface area contributed by atoms with Crippen molar-refractivity contribution in [2.24, 2.45) is 0 Å². The Morgan fingerprint density at radius 1 is 0.421 bits per heavy atom. The van der Waals surface area contributed by atoms with Gasteiger partial charge in [0.25, 0.3) is 0 Å². The van der Waals surface area contributed by atoms with Gasteiger partial charge in [-0.2, -0.15) is 0 Å². The molecule has 0 bridgehead atoms. The number of benzene rings is 5. The summed E-state index contributed by atoms with van der Waals surface area (Å²) in [6.45, 7) is 7.17. The van der Waals surface area contributed by atoms with Gasteiger partial charge in [-0.1, -0.05) is 128 Å². The minimum absolute atomic E-state index is 0.997. The van der Waals surface area contributed by atoms with Crippen molar-refractivity contribution in [3.05, 3.63) is 134 Å². The standard InChI is InChI=1S/C36H31NSi/c1-38(2,3)35-21-19-27(20-22-35)26-7-9-28(10-8-26)32-17-13-30-14-18-33(25-34(30)24-32)29-11-15-31(16-12-29)36-6-4-5-23-37-36/h4-25H,1-3H3. The van der Waals surface area contributed by atoms with E-state index in [4.69, 9.17) is 0 Å². The minimum atomic E-state index is -1.28. The second kappa shape index (κ2) is 9.89. The predicted molar refractivity (Wildman–Crippen MR) is 166 cm³/mol. The van der Waals surface area contributed by atoms with Gasteiger partial charge < -0.3 is 0 Å². The summed E-state index contributed by atoms with van der Waals surface area (Å²) in [5.74, 6) is 0. The van der Waals surface area contributed by atoms with Crippen LogP contribution in [0.25, 0.3) is 55.4 Å². The van der Waals surface area contributed by atoms with Crippen LogP contribution in [0.3, 0.4) is 0 Å². The highest BCUT2D eigenvalue weighted by atomic mass is 28.3. The van der Waals surface area contributed by atoms with Crippen LogP contribution in [0.1, 0.15) is 0 Å². The van der Waals surface area contributed by atoms with E-state index in [0.29, 0.717) is 0 Å². The van der Waals surface area contributed by atoms with Gasteiger partial charge in [0.15, 0.2) is 0 Å². The van der Waals surface area contributed by atoms with Crippen LogP contribution in [0.2, 0.25) is 19.6 Å². The zero-order valence-electron chi connectivity index (χ0n) is 22.1. The van der Waals surface area contributed by atoms with E-state index in [1.165, 1.54) is 49.3 Å². The molecule has 0 unspecified atom stereocenters. The van der Waals surface area contributed by atoms with Gasteiger partial charge >= 0.3 is 0 Å². The number of fused-ring (bicyclic) bond motifs is 1. The molecule has 0 radical (unpaired) electrons. The van der Waals surface area contributed by atoms with Crippen molar-refractivity contribution < 1.29 is 0 Å². The molecule has 5 aromatic carbocycles. The molecule has 0 aliphatic carbocycles. The van der Waals surface area contributed by atoms with Gasteiger partial charge in [-0.05, 0) is 68.4 Å². The molecule has 0 saturated carbocycles. The fourth-order valence-corrected chi connectivity index (χ4v) is 6.16. The number of hydrogen-bond acceptors (Lipinski definition) is 1. The SMILES string of the molecule is C[Si](C)(C)c1ccc(-c2ccc(-c3ccc4ccc(-c5ccc(-c6ccccn6)cc5)cc4c3)cc2)cc1. The first kappa shape index (κ1) is 24.1. The summed E-state index contributed by atoms with van der Waals surface area (Å²) in [7, 11) is -1.28. The topological polar surface area (TPSA) is 12.9 Å². The molecule has 0 spiro atoms. The average molecular weight is 506 g/mol. The maximum atomic E-state index is 4.47. The smallest absolute Gasteiger partial charge is 0.0775 e. The van der Waals surface area contributed by atoms with Gasteiger partial charge in [0.05, 0.1) is 13.8 Å². The molecule has 2 heteroatoms. The Morgan fingerprint density at radius 2 is 0.868 bits per heavy atom. The maximum Gasteiger partial charge on any atom is 0.0775 e. The molecule has 0 amide bonds. The summed E-state index contributed by atoms with van der Waals surface area (Å²) in [5.41, 5.74) is 9.56. The molecule has 1 heterocycles. The summed E-state index contributed by atoms with van der Waals surface area (Å²) in [4.78, 5) is 4.47. The monoisotopic (exact) mass is 505 g/mol. The Kier molecular flexibility index (Phi) is 6.27. The van der Waals surface area contributed by atoms with Gasteiger partial charge in [-0.25, -0.2) is 0 Å². The lowest BCUT2D eigenvalue weighted by molar-refractivity contribution is 1.33. The molecular formula is C36H31NSi. The normalized spacial score (nSPS) is 11.6. The largest absolute Gasteiger partial charge is 0.256 e. The molecule has 1 aromatic heterocycles. The molecule has 184 valence electrons. The molecule has 1 nitrogen and oxygen atoms in total. The maximum absolute atomic E-state index is 4.47. The van der Waals surface area contributed by atoms with Gasteiger partial charge in [-0.15, -0.1) is 0 Å². The van der Waals surface area contributed by atoms with E-state index in [1.807, 2.05) is 24.4 Å². The fraction of sp³-hybridized carbons (Fsp3) is 0.0833. The highest BCUT2D eigenvalue weighted by molar-refractivity contribution is 6.88. The Balaban J connectivity index is 1.26. The van der Waals surface area contributed by atoms with Crippen LogP contribution >= 0.6 is 0 Å². The Bertz CT molecular complexity index is 1690. The Hall–Kier alpha value is -4.27. The first-order valence-electron chi connectivity index (χ1n) is 13.2. The van der Waals surface area contributed by atoms with E-state index < -0.39 is 8.07 Å². The average Bonchev–Trinajstić information content (AvgIpc) is 2.97. The predicted octanol–water partition coefficient (Wildman–Crippen LogP) is 9.45. The van der Waals surface area contributed by atoms with E-state index in [1.54, 1.807) is 0 Å². The van der Waals surface area contributed by atoms with Crippen molar-refractivity contribution in [3.8, 4) is 44.6 Å². The van der Waals surface area contributed by atoms with Crippen molar-refractivity contribution in [2.45, 2.75) is 19.6 Å². The molecule has 6 rings (SSSR count). The third-order valence-electron chi connectivity index (χ3n) is 7.32. The van der Waals surface area contributed by atoms with Gasteiger partial charge in [0.2, 0.25) is 0 Å². The summed E-state index contributed by atoms with van der Waals surface area (Å²) >= 11 is 0. The van der Waals surface area contributed by atoms with Gasteiger partial charge in [0.1, 0.15) is 0 Å². The number of hydrogen-bond donors (Lipinski definition) is 0. The third-order valence-corrected chi connectivity index (χ3v) is 9.39. The van der Waals surface area contributed by atoms with Crippen molar-refractivity contribution in [2.75, 3.05) is 0 Å². The van der Waals surface area contributed by atoms with Gasteiger partial charge in [-0.3, -0.25) is 4.98 Å². The van der Waals surface area contributed by atoms with E-state index >= 15 is 0 Å². The number of rotatable bonds is 5. The molecule has 0 N–H and O–H groups in total. The van der Waals surface area contributed by atoms with E-state index in [0.717, 1.165) is 11.3 Å². The van der Waals surface area contributed by atoms with Crippen LogP contribution < -0.4 is 5.19 Å². The number of nitrogens with zero attached hydrogens (tertiary/aromatic N) is 1. The van der Waals surface area contributed by atoms with Crippen molar-refractivity contribution in [1.82, 2.24) is 4.98 Å². The second-order valence-corrected chi connectivity index (χ2v) is 16.1. The third kappa shape index (κ3) is 4.96. The van der Waals surface area contributed by atoms with Crippen LogP contribution in [0, 0.1) is 0 Å². The fourth-order valence-electron chi connectivity index (χ4n) is 4.99. The highest BCUT2D eigenvalue weighted by Crippen LogP contribution is 2.31. The lowest BCUT2D eigenvalue weighted by Crippen LogP contribution is -2.37. The lowest BCUT2D eigenvalue weighted by atomic mass is 9.96. The van der Waals surface area contributed by atoms with Gasteiger partial charge in [0, 0.05) is 11.8 Å². The van der Waals surface area contributed by atoms with Crippen molar-refractivity contribution in [3.63, 3.8) is 0 Å². The van der Waals surface area contributed by atoms with Crippen molar-refractivity contribution >= 4 is 24.0 Å². The summed E-state index contributed by atoms with van der Waals surface area (Å²) < 4.78 is 0. The molecule has 0 saturated heterocycles. The minimum Gasteiger partial charge on any atom is -0.256 e. The van der Waals surface area contributed by atoms with Crippen LogP contribution in [-0.4, -0.2) is 13.1 Å². The molecule has 38 heavy (non-hydrogen) atoms. The molecule has 0 aliphatic heterocycles. The molecule has 0 atom stereocenters. The molecule has 0 aliphatic rings. The Labute approximate surface area is 226 Å². The van der Waals surface area contributed by atoms with E-state index in [-0.39, 0.29) is 0 Å². The molecular weight excluding hydrogens is 474 g/mol. The summed E-state index contributed by atoms with van der Waals surface area (Å²) in [6.07, 6.45) is 1.84. The highest BCUT2D eigenvalue weighted by Gasteiger charge is 2.15. The van der Waals surface area contributed by atoms with Crippen LogP contribution in [-0.2, 0) is 0 Å². The Morgan fingerprint density at radius 3 is 1.34 bits per heavy atom. The van der Waals surface area contributed by atoms with Crippen LogP contribution in [0.4, 0.5) is 0 Å². The van der Waals surface area contributed by atoms with E-state index in [9.17, 15) is 0 Å². The number of pyridine rings is 1. The van der Waals surface area contributed by atoms with Crippen LogP contribution in [0.15, 0.2) is 134 Å². The summed E-state index contributed by atoms with van der Waals surface area (Å²) in [5, 5.41) is 4.00. The first-order valence-corrected chi connectivity index (χ1v) is 16.7. The zero-order chi connectivity index (χ0) is 26.1. The first-order chi connectivity index (χ1) is 18.4. The number of aromatic nitrogens is 1. The molecule has 6 aromatic rings. The molecule has 0 fully saturated rings. The van der Waals surface area contributed by atoms with E-state index in [2.05, 4.69) is 134 Å². The summed E-state index contributed by atoms with van der Waals surface area (Å²) in [6, 6.07) is 46.3. The quantitative estimate of drug-likeness (QED) is 0.213. The lowest BCUT2D eigenvalue weighted by Gasteiger charge is -2.16. The second-order valence-electron chi connectivity index (χ2n) is 11.0. The van der Waals surface area contributed by atoms with Crippen molar-refractivity contribution in [1.29, 1.82) is 0 Å². The van der Waals surface area contributed by atoms with Crippen LogP contribution in [0.5, 0.6) is 0 Å². The zero-order valence-corrected chi connectivity index (χ0v) is 23.1.